The molecule has 17 heavy (non-hydrogen) atoms. The van der Waals surface area contributed by atoms with E-state index in [9.17, 15) is 9.50 Å². The zero-order valence-electron chi connectivity index (χ0n) is 11.0. The van der Waals surface area contributed by atoms with Crippen molar-refractivity contribution in [1.82, 2.24) is 0 Å². The van der Waals surface area contributed by atoms with Crippen LogP contribution in [0.2, 0.25) is 0 Å². The molecule has 94 valence electrons. The molecule has 1 aromatic carbocycles. The Balaban J connectivity index is 2.45. The van der Waals surface area contributed by atoms with Gasteiger partial charge in [-0.2, -0.15) is 0 Å². The monoisotopic (exact) mass is 236 g/mol. The van der Waals surface area contributed by atoms with Crippen molar-refractivity contribution in [3.63, 3.8) is 0 Å². The molecule has 0 aliphatic heterocycles. The molecule has 1 nitrogen and oxygen atoms in total. The van der Waals surface area contributed by atoms with E-state index in [1.54, 1.807) is 6.07 Å². The van der Waals surface area contributed by atoms with E-state index < -0.39 is 5.60 Å². The van der Waals surface area contributed by atoms with E-state index in [1.807, 2.05) is 6.92 Å². The van der Waals surface area contributed by atoms with Crippen molar-refractivity contribution >= 4 is 0 Å². The van der Waals surface area contributed by atoms with Crippen molar-refractivity contribution in [2.75, 3.05) is 0 Å². The van der Waals surface area contributed by atoms with Crippen LogP contribution in [0.3, 0.4) is 0 Å². The standard InChI is InChI=1S/C15H21FO/c1-10-7-12(16)5-6-13(10)15(17)9-14(3,4)8-11(15)2/h5-7,11,17H,8-9H2,1-4H3. The molecule has 2 atom stereocenters. The van der Waals surface area contributed by atoms with Crippen molar-refractivity contribution in [2.45, 2.75) is 46.1 Å². The van der Waals surface area contributed by atoms with Gasteiger partial charge < -0.3 is 5.11 Å². The molecule has 1 saturated carbocycles. The predicted octanol–water partition coefficient (Wildman–Crippen LogP) is 3.78. The molecule has 2 heteroatoms. The number of benzene rings is 1. The molecule has 0 saturated heterocycles. The summed E-state index contributed by atoms with van der Waals surface area (Å²) in [6.07, 6.45) is 1.74. The van der Waals surface area contributed by atoms with Gasteiger partial charge in [-0.05, 0) is 54.4 Å². The molecule has 1 aromatic rings. The Morgan fingerprint density at radius 1 is 1.35 bits per heavy atom. The van der Waals surface area contributed by atoms with E-state index in [0.717, 1.165) is 24.0 Å². The number of hydrogen-bond donors (Lipinski definition) is 1. The van der Waals surface area contributed by atoms with E-state index >= 15 is 0 Å². The number of rotatable bonds is 1. The summed E-state index contributed by atoms with van der Waals surface area (Å²) in [6, 6.07) is 4.69. The summed E-state index contributed by atoms with van der Waals surface area (Å²) < 4.78 is 13.1. The third kappa shape index (κ3) is 2.11. The summed E-state index contributed by atoms with van der Waals surface area (Å²) in [5.74, 6) is -0.0265. The van der Waals surface area contributed by atoms with Gasteiger partial charge in [-0.1, -0.05) is 26.8 Å². The summed E-state index contributed by atoms with van der Waals surface area (Å²) >= 11 is 0. The molecule has 2 rings (SSSR count). The molecule has 2 unspecified atom stereocenters. The Kier molecular flexibility index (Phi) is 2.81. The highest BCUT2D eigenvalue weighted by Gasteiger charge is 2.48. The Hall–Kier alpha value is -0.890. The second-order valence-corrected chi connectivity index (χ2v) is 6.33. The van der Waals surface area contributed by atoms with Gasteiger partial charge in [0.1, 0.15) is 5.82 Å². The highest BCUT2D eigenvalue weighted by atomic mass is 19.1. The summed E-state index contributed by atoms with van der Waals surface area (Å²) in [4.78, 5) is 0. The van der Waals surface area contributed by atoms with Crippen LogP contribution in [-0.2, 0) is 5.60 Å². The van der Waals surface area contributed by atoms with E-state index in [0.29, 0.717) is 0 Å². The topological polar surface area (TPSA) is 20.2 Å². The van der Waals surface area contributed by atoms with Gasteiger partial charge in [0.2, 0.25) is 0 Å². The summed E-state index contributed by atoms with van der Waals surface area (Å²) in [6.45, 7) is 8.31. The quantitative estimate of drug-likeness (QED) is 0.786. The second-order valence-electron chi connectivity index (χ2n) is 6.33. The van der Waals surface area contributed by atoms with E-state index in [1.165, 1.54) is 12.1 Å². The normalized spacial score (nSPS) is 31.8. The lowest BCUT2D eigenvalue weighted by Crippen LogP contribution is -2.30. The zero-order valence-corrected chi connectivity index (χ0v) is 11.0. The van der Waals surface area contributed by atoms with Gasteiger partial charge in [0, 0.05) is 0 Å². The van der Waals surface area contributed by atoms with Crippen molar-refractivity contribution in [2.24, 2.45) is 11.3 Å². The number of hydrogen-bond acceptors (Lipinski definition) is 1. The molecule has 0 aromatic heterocycles. The molecular formula is C15H21FO. The zero-order chi connectivity index (χ0) is 12.8. The first-order valence-electron chi connectivity index (χ1n) is 6.24. The second kappa shape index (κ2) is 3.81. The SMILES string of the molecule is Cc1cc(F)ccc1C1(O)CC(C)(C)CC1C. The highest BCUT2D eigenvalue weighted by molar-refractivity contribution is 5.34. The Morgan fingerprint density at radius 2 is 2.00 bits per heavy atom. The average Bonchev–Trinajstić information content (AvgIpc) is 2.35. The summed E-state index contributed by atoms with van der Waals surface area (Å²) in [5.41, 5.74) is 1.07. The molecule has 0 heterocycles. The van der Waals surface area contributed by atoms with Crippen molar-refractivity contribution in [3.05, 3.63) is 35.1 Å². The minimum atomic E-state index is -0.804. The Morgan fingerprint density at radius 3 is 2.47 bits per heavy atom. The van der Waals surface area contributed by atoms with Gasteiger partial charge in [-0.15, -0.1) is 0 Å². The summed E-state index contributed by atoms with van der Waals surface area (Å²) in [7, 11) is 0. The van der Waals surface area contributed by atoms with Crippen LogP contribution in [0.4, 0.5) is 4.39 Å². The molecule has 0 amide bonds. The van der Waals surface area contributed by atoms with Gasteiger partial charge >= 0.3 is 0 Å². The van der Waals surface area contributed by atoms with Gasteiger partial charge in [-0.3, -0.25) is 0 Å². The Bertz CT molecular complexity index is 439. The van der Waals surface area contributed by atoms with Crippen LogP contribution in [0.25, 0.3) is 0 Å². The fraction of sp³-hybridized carbons (Fsp3) is 0.600. The van der Waals surface area contributed by atoms with Gasteiger partial charge in [0.15, 0.2) is 0 Å². The number of aliphatic hydroxyl groups is 1. The first-order chi connectivity index (χ1) is 7.74. The number of aryl methyl sites for hydroxylation is 1. The molecule has 0 bridgehead atoms. The van der Waals surface area contributed by atoms with Crippen LogP contribution < -0.4 is 0 Å². The van der Waals surface area contributed by atoms with Crippen molar-refractivity contribution < 1.29 is 9.50 Å². The summed E-state index contributed by atoms with van der Waals surface area (Å²) in [5, 5.41) is 10.9. The maximum Gasteiger partial charge on any atom is 0.123 e. The number of halogens is 1. The van der Waals surface area contributed by atoms with Gasteiger partial charge in [-0.25, -0.2) is 4.39 Å². The first-order valence-corrected chi connectivity index (χ1v) is 6.24. The van der Waals surface area contributed by atoms with Crippen molar-refractivity contribution in [3.8, 4) is 0 Å². The third-order valence-corrected chi connectivity index (χ3v) is 4.08. The lowest BCUT2D eigenvalue weighted by molar-refractivity contribution is -0.00146. The Labute approximate surface area is 103 Å². The lowest BCUT2D eigenvalue weighted by Gasteiger charge is -2.30. The molecule has 1 N–H and O–H groups in total. The van der Waals surface area contributed by atoms with Crippen molar-refractivity contribution in [1.29, 1.82) is 0 Å². The van der Waals surface area contributed by atoms with E-state index in [-0.39, 0.29) is 17.2 Å². The van der Waals surface area contributed by atoms with Crippen LogP contribution >= 0.6 is 0 Å². The smallest absolute Gasteiger partial charge is 0.123 e. The van der Waals surface area contributed by atoms with Gasteiger partial charge in [0.05, 0.1) is 5.60 Å². The van der Waals surface area contributed by atoms with Gasteiger partial charge in [0.25, 0.3) is 0 Å². The molecule has 1 fully saturated rings. The van der Waals surface area contributed by atoms with Crippen LogP contribution in [0.5, 0.6) is 0 Å². The molecule has 0 spiro atoms. The fourth-order valence-electron chi connectivity index (χ4n) is 3.45. The fourth-order valence-corrected chi connectivity index (χ4v) is 3.45. The predicted molar refractivity (Wildman–Crippen MR) is 67.2 cm³/mol. The minimum Gasteiger partial charge on any atom is -0.385 e. The molecule has 1 aliphatic rings. The molecule has 1 aliphatic carbocycles. The highest BCUT2D eigenvalue weighted by Crippen LogP contribution is 2.53. The van der Waals surface area contributed by atoms with E-state index in [2.05, 4.69) is 20.8 Å². The van der Waals surface area contributed by atoms with Crippen LogP contribution in [0.15, 0.2) is 18.2 Å². The maximum absolute atomic E-state index is 13.1. The van der Waals surface area contributed by atoms with Crippen LogP contribution in [0, 0.1) is 24.1 Å². The van der Waals surface area contributed by atoms with Crippen LogP contribution in [0.1, 0.15) is 44.7 Å². The average molecular weight is 236 g/mol. The minimum absolute atomic E-state index is 0.148. The first kappa shape index (κ1) is 12.6. The van der Waals surface area contributed by atoms with E-state index in [4.69, 9.17) is 0 Å². The lowest BCUT2D eigenvalue weighted by atomic mass is 9.81. The molecular weight excluding hydrogens is 215 g/mol. The molecule has 0 radical (unpaired) electrons. The third-order valence-electron chi connectivity index (χ3n) is 4.08. The van der Waals surface area contributed by atoms with Crippen LogP contribution in [-0.4, -0.2) is 5.11 Å². The maximum atomic E-state index is 13.1. The largest absolute Gasteiger partial charge is 0.385 e.